The number of ether oxygens (including phenoxy) is 1. The van der Waals surface area contributed by atoms with E-state index in [1.807, 2.05) is 0 Å². The molecule has 73 heavy (non-hydrogen) atoms. The molecule has 0 heterocycles. The predicted molar refractivity (Wildman–Crippen MR) is 320 cm³/mol. The van der Waals surface area contributed by atoms with Gasteiger partial charge in [0.05, 0.1) is 25.4 Å². The first-order valence-electron chi connectivity index (χ1n) is 33.1. The molecule has 0 saturated heterocycles. The van der Waals surface area contributed by atoms with Crippen LogP contribution < -0.4 is 5.32 Å². The number of unbranched alkanes of at least 4 members (excludes halogenated alkanes) is 47. The van der Waals surface area contributed by atoms with Crippen LogP contribution in [0.3, 0.4) is 0 Å². The molecule has 0 radical (unpaired) electrons. The highest BCUT2D eigenvalue weighted by Crippen LogP contribution is 2.19. The van der Waals surface area contributed by atoms with Crippen molar-refractivity contribution >= 4 is 11.9 Å². The van der Waals surface area contributed by atoms with E-state index in [4.69, 9.17) is 4.74 Å². The quantitative estimate of drug-likeness (QED) is 0.0320. The van der Waals surface area contributed by atoms with Gasteiger partial charge in [-0.3, -0.25) is 9.59 Å². The van der Waals surface area contributed by atoms with Crippen molar-refractivity contribution in [3.8, 4) is 0 Å². The molecule has 0 aliphatic rings. The highest BCUT2D eigenvalue weighted by molar-refractivity contribution is 5.76. The molecule has 0 aromatic carbocycles. The number of nitrogens with one attached hydrogen (secondary N) is 1. The summed E-state index contributed by atoms with van der Waals surface area (Å²) in [7, 11) is 0. The molecule has 0 aliphatic carbocycles. The summed E-state index contributed by atoms with van der Waals surface area (Å²) >= 11 is 0. The van der Waals surface area contributed by atoms with Gasteiger partial charge in [0.25, 0.3) is 0 Å². The van der Waals surface area contributed by atoms with E-state index in [1.165, 1.54) is 283 Å². The van der Waals surface area contributed by atoms with Crippen LogP contribution in [-0.4, -0.2) is 47.4 Å². The number of carbonyl (C=O) groups is 2. The summed E-state index contributed by atoms with van der Waals surface area (Å²) in [4.78, 5) is 24.6. The molecule has 6 nitrogen and oxygen atoms in total. The van der Waals surface area contributed by atoms with Gasteiger partial charge in [0.15, 0.2) is 0 Å². The zero-order chi connectivity index (χ0) is 52.9. The minimum atomic E-state index is -0.668. The highest BCUT2D eigenvalue weighted by Gasteiger charge is 2.20. The van der Waals surface area contributed by atoms with Gasteiger partial charge < -0.3 is 20.3 Å². The van der Waals surface area contributed by atoms with E-state index in [9.17, 15) is 19.8 Å². The summed E-state index contributed by atoms with van der Waals surface area (Å²) < 4.78 is 5.43. The van der Waals surface area contributed by atoms with E-state index in [0.29, 0.717) is 25.9 Å². The van der Waals surface area contributed by atoms with Crippen molar-refractivity contribution in [3.63, 3.8) is 0 Å². The Hall–Kier alpha value is -1.66. The maximum atomic E-state index is 12.5. The van der Waals surface area contributed by atoms with Gasteiger partial charge in [0.1, 0.15) is 0 Å². The Balaban J connectivity index is 3.44. The maximum absolute atomic E-state index is 12.5. The number of esters is 1. The van der Waals surface area contributed by atoms with Gasteiger partial charge in [-0.25, -0.2) is 0 Å². The molecule has 0 saturated carbocycles. The van der Waals surface area contributed by atoms with Gasteiger partial charge in [-0.15, -0.1) is 0 Å². The molecule has 2 atom stereocenters. The third-order valence-electron chi connectivity index (χ3n) is 15.5. The van der Waals surface area contributed by atoms with E-state index in [1.54, 1.807) is 0 Å². The van der Waals surface area contributed by atoms with Gasteiger partial charge in [0.2, 0.25) is 5.91 Å². The predicted octanol–water partition coefficient (Wildman–Crippen LogP) is 21.0. The van der Waals surface area contributed by atoms with Crippen molar-refractivity contribution in [1.29, 1.82) is 0 Å². The third-order valence-corrected chi connectivity index (χ3v) is 15.5. The van der Waals surface area contributed by atoms with E-state index in [2.05, 4.69) is 43.5 Å². The van der Waals surface area contributed by atoms with Crippen molar-refractivity contribution in [1.82, 2.24) is 5.32 Å². The maximum Gasteiger partial charge on any atom is 0.305 e. The lowest BCUT2D eigenvalue weighted by atomic mass is 10.0. The molecule has 3 N–H and O–H groups in total. The van der Waals surface area contributed by atoms with Gasteiger partial charge in [-0.2, -0.15) is 0 Å². The fraction of sp³-hybridized carbons (Fsp3) is 0.910. The number of amides is 1. The van der Waals surface area contributed by atoms with Gasteiger partial charge in [-0.1, -0.05) is 334 Å². The highest BCUT2D eigenvalue weighted by atomic mass is 16.5. The number of aliphatic hydroxyl groups excluding tert-OH is 2. The molecule has 0 aliphatic heterocycles. The van der Waals surface area contributed by atoms with Crippen molar-refractivity contribution < 1.29 is 24.5 Å². The van der Waals surface area contributed by atoms with E-state index in [-0.39, 0.29) is 18.5 Å². The normalized spacial score (nSPS) is 12.7. The van der Waals surface area contributed by atoms with Crippen LogP contribution in [0, 0.1) is 0 Å². The van der Waals surface area contributed by atoms with E-state index < -0.39 is 12.1 Å². The second kappa shape index (κ2) is 62.9. The van der Waals surface area contributed by atoms with Crippen molar-refractivity contribution in [2.45, 2.75) is 379 Å². The number of carbonyl (C=O) groups excluding carboxylic acids is 2. The molecule has 0 spiro atoms. The smallest absolute Gasteiger partial charge is 0.305 e. The third kappa shape index (κ3) is 59.4. The summed E-state index contributed by atoms with van der Waals surface area (Å²) in [5.41, 5.74) is 0. The fourth-order valence-electron chi connectivity index (χ4n) is 10.5. The standard InChI is InChI=1S/C67H129NO5/c1-3-5-7-9-11-13-15-17-19-20-21-25-28-32-35-39-43-47-51-55-59-65(70)64(63-69)68-66(71)60-56-52-48-44-40-36-33-29-26-23-22-24-27-30-34-38-42-46-50-54-58-62-73-67(72)61-57-53-49-45-41-37-31-18-16-14-12-10-8-6-4-2/h38,42,50,54,64-65,69-70H,3-37,39-41,43-49,51-53,55-63H2,1-2H3,(H,68,71)/b42-38-,54-50-. The number of rotatable bonds is 62. The van der Waals surface area contributed by atoms with Gasteiger partial charge in [0, 0.05) is 12.8 Å². The molecule has 1 amide bonds. The second-order valence-corrected chi connectivity index (χ2v) is 22.8. The van der Waals surface area contributed by atoms with Gasteiger partial charge >= 0.3 is 5.97 Å². The Morgan fingerprint density at radius 1 is 0.384 bits per heavy atom. The second-order valence-electron chi connectivity index (χ2n) is 22.8. The lowest BCUT2D eigenvalue weighted by molar-refractivity contribution is -0.143. The Labute approximate surface area is 456 Å². The first-order chi connectivity index (χ1) is 36.0. The average Bonchev–Trinajstić information content (AvgIpc) is 3.39. The first-order valence-corrected chi connectivity index (χ1v) is 33.1. The number of hydrogen-bond donors (Lipinski definition) is 3. The van der Waals surface area contributed by atoms with Crippen molar-refractivity contribution in [2.75, 3.05) is 13.2 Å². The zero-order valence-corrected chi connectivity index (χ0v) is 49.4. The lowest BCUT2D eigenvalue weighted by Gasteiger charge is -2.22. The summed E-state index contributed by atoms with van der Waals surface area (Å²) in [6.07, 6.45) is 77.9. The monoisotopic (exact) mass is 1030 g/mol. The summed E-state index contributed by atoms with van der Waals surface area (Å²) in [6.45, 7) is 4.88. The topological polar surface area (TPSA) is 95.9 Å². The minimum absolute atomic E-state index is 0.0315. The molecule has 6 heteroatoms. The summed E-state index contributed by atoms with van der Waals surface area (Å²) in [5, 5.41) is 23.4. The van der Waals surface area contributed by atoms with Gasteiger partial charge in [-0.05, 0) is 44.9 Å². The van der Waals surface area contributed by atoms with Crippen LogP contribution in [0.25, 0.3) is 0 Å². The molecule has 0 rings (SSSR count). The Kier molecular flexibility index (Phi) is 61.4. The molecule has 0 aromatic rings. The minimum Gasteiger partial charge on any atom is -0.465 e. The van der Waals surface area contributed by atoms with Crippen LogP contribution >= 0.6 is 0 Å². The molecular weight excluding hydrogens is 899 g/mol. The molecule has 0 bridgehead atoms. The molecule has 0 fully saturated rings. The van der Waals surface area contributed by atoms with Crippen LogP contribution in [0.2, 0.25) is 0 Å². The number of hydrogen-bond acceptors (Lipinski definition) is 5. The molecule has 0 aromatic heterocycles. The Bertz CT molecular complexity index is 1140. The summed E-state index contributed by atoms with van der Waals surface area (Å²) in [5.74, 6) is -0.0675. The Morgan fingerprint density at radius 3 is 1.04 bits per heavy atom. The number of allylic oxidation sites excluding steroid dienone is 3. The number of aliphatic hydroxyl groups is 2. The molecule has 432 valence electrons. The van der Waals surface area contributed by atoms with Crippen LogP contribution in [0.15, 0.2) is 24.3 Å². The van der Waals surface area contributed by atoms with Crippen LogP contribution in [-0.2, 0) is 14.3 Å². The zero-order valence-electron chi connectivity index (χ0n) is 49.4. The Morgan fingerprint density at radius 2 is 0.685 bits per heavy atom. The van der Waals surface area contributed by atoms with Crippen LogP contribution in [0.1, 0.15) is 367 Å². The summed E-state index contributed by atoms with van der Waals surface area (Å²) in [6, 6.07) is -0.546. The SMILES string of the molecule is CCCCCCCCCCCCCCCCCCCCCCC(O)C(CO)NC(=O)CCCCCCCCCCCCCCCC/C=C\C/C=C\CCOC(=O)CCCCCCCCCCCCCCCCC. The molecule has 2 unspecified atom stereocenters. The lowest BCUT2D eigenvalue weighted by Crippen LogP contribution is -2.45. The van der Waals surface area contributed by atoms with Crippen LogP contribution in [0.5, 0.6) is 0 Å². The van der Waals surface area contributed by atoms with Crippen molar-refractivity contribution in [3.05, 3.63) is 24.3 Å². The average molecular weight is 1030 g/mol. The largest absolute Gasteiger partial charge is 0.465 e. The van der Waals surface area contributed by atoms with E-state index in [0.717, 1.165) is 51.4 Å². The fourth-order valence-corrected chi connectivity index (χ4v) is 10.5. The molecular formula is C67H129NO5. The van der Waals surface area contributed by atoms with E-state index >= 15 is 0 Å². The van der Waals surface area contributed by atoms with Crippen molar-refractivity contribution in [2.24, 2.45) is 0 Å². The first kappa shape index (κ1) is 71.3. The van der Waals surface area contributed by atoms with Crippen LogP contribution in [0.4, 0.5) is 0 Å².